The molecule has 29 heavy (non-hydrogen) atoms. The number of nitrogens with zero attached hydrogens (tertiary/aromatic N) is 5. The maximum absolute atomic E-state index is 11.5. The number of rotatable bonds is 5. The molecule has 7 nitrogen and oxygen atoms in total. The zero-order chi connectivity index (χ0) is 20.5. The Morgan fingerprint density at radius 2 is 2.00 bits per heavy atom. The summed E-state index contributed by atoms with van der Waals surface area (Å²) < 4.78 is 1.73. The van der Waals surface area contributed by atoms with Crippen molar-refractivity contribution in [3.05, 3.63) is 64.3 Å². The minimum atomic E-state index is 0.0451. The third-order valence-corrected chi connectivity index (χ3v) is 4.93. The van der Waals surface area contributed by atoms with Crippen molar-refractivity contribution in [2.75, 3.05) is 0 Å². The van der Waals surface area contributed by atoms with Gasteiger partial charge in [0.2, 0.25) is 0 Å². The topological polar surface area (TPSA) is 89.4 Å². The lowest BCUT2D eigenvalue weighted by Crippen LogP contribution is -2.04. The Hall–Kier alpha value is -3.03. The number of halogens is 2. The Kier molecular flexibility index (Phi) is 5.17. The molecule has 3 aromatic heterocycles. The number of aromatic amines is 1. The first-order valence-electron chi connectivity index (χ1n) is 8.78. The van der Waals surface area contributed by atoms with E-state index in [9.17, 15) is 4.79 Å². The lowest BCUT2D eigenvalue weighted by molar-refractivity contribution is -0.116. The van der Waals surface area contributed by atoms with Crippen LogP contribution in [0.4, 0.5) is 0 Å². The molecule has 3 heterocycles. The van der Waals surface area contributed by atoms with Gasteiger partial charge in [-0.2, -0.15) is 10.2 Å². The Balaban J connectivity index is 1.90. The molecule has 146 valence electrons. The largest absolute Gasteiger partial charge is 0.300 e. The van der Waals surface area contributed by atoms with Gasteiger partial charge in [-0.3, -0.25) is 14.9 Å². The van der Waals surface area contributed by atoms with Crippen molar-refractivity contribution in [2.24, 2.45) is 0 Å². The van der Waals surface area contributed by atoms with E-state index in [4.69, 9.17) is 28.3 Å². The minimum Gasteiger partial charge on any atom is -0.300 e. The summed E-state index contributed by atoms with van der Waals surface area (Å²) in [5.74, 6) is 0.608. The van der Waals surface area contributed by atoms with Crippen molar-refractivity contribution in [2.45, 2.75) is 20.3 Å². The van der Waals surface area contributed by atoms with Gasteiger partial charge in [0, 0.05) is 35.1 Å². The number of pyridine rings is 1. The van der Waals surface area contributed by atoms with Crippen LogP contribution in [0.3, 0.4) is 0 Å². The fourth-order valence-corrected chi connectivity index (χ4v) is 3.54. The SMILES string of the molecule is CC(=O)Cc1cc(-n2cc(-c3ncn[nH]3)c(-c3ccc(Cl)cc3Cl)n2)c(C)cn1. The molecule has 0 unspecified atom stereocenters. The van der Waals surface area contributed by atoms with Crippen LogP contribution in [-0.2, 0) is 11.2 Å². The second-order valence-electron chi connectivity index (χ2n) is 6.64. The van der Waals surface area contributed by atoms with E-state index in [0.717, 1.165) is 22.4 Å². The molecule has 1 aromatic carbocycles. The van der Waals surface area contributed by atoms with Crippen LogP contribution < -0.4 is 0 Å². The zero-order valence-electron chi connectivity index (χ0n) is 15.6. The van der Waals surface area contributed by atoms with Crippen LogP contribution in [0, 0.1) is 6.92 Å². The van der Waals surface area contributed by atoms with Crippen LogP contribution in [-0.4, -0.2) is 35.7 Å². The first-order chi connectivity index (χ1) is 13.9. The van der Waals surface area contributed by atoms with Gasteiger partial charge in [-0.1, -0.05) is 23.2 Å². The summed E-state index contributed by atoms with van der Waals surface area (Å²) in [7, 11) is 0. The summed E-state index contributed by atoms with van der Waals surface area (Å²) >= 11 is 12.5. The Bertz CT molecular complexity index is 1200. The van der Waals surface area contributed by atoms with Crippen LogP contribution in [0.5, 0.6) is 0 Å². The molecule has 0 aliphatic rings. The standard InChI is InChI=1S/C20H16Cl2N6O/c1-11-8-23-14(5-12(2)29)7-18(11)28-9-16(20-24-10-25-26-20)19(27-28)15-4-3-13(21)6-17(15)22/h3-4,6-10H,5H2,1-2H3,(H,24,25,26). The molecule has 0 fully saturated rings. The van der Waals surface area contributed by atoms with Gasteiger partial charge in [0.15, 0.2) is 5.82 Å². The van der Waals surface area contributed by atoms with E-state index in [0.29, 0.717) is 27.3 Å². The van der Waals surface area contributed by atoms with E-state index < -0.39 is 0 Å². The number of benzene rings is 1. The number of ketones is 1. The monoisotopic (exact) mass is 426 g/mol. The highest BCUT2D eigenvalue weighted by atomic mass is 35.5. The van der Waals surface area contributed by atoms with Gasteiger partial charge in [0.25, 0.3) is 0 Å². The van der Waals surface area contributed by atoms with Crippen LogP contribution in [0.1, 0.15) is 18.2 Å². The fraction of sp³-hybridized carbons (Fsp3) is 0.150. The van der Waals surface area contributed by atoms with Crippen molar-refractivity contribution >= 4 is 29.0 Å². The molecule has 0 radical (unpaired) electrons. The average Bonchev–Trinajstić information content (AvgIpc) is 3.32. The third kappa shape index (κ3) is 3.92. The molecule has 4 rings (SSSR count). The van der Waals surface area contributed by atoms with Crippen molar-refractivity contribution in [3.8, 4) is 28.3 Å². The van der Waals surface area contributed by atoms with Gasteiger partial charge in [-0.05, 0) is 43.7 Å². The Labute approximate surface area is 176 Å². The van der Waals surface area contributed by atoms with E-state index >= 15 is 0 Å². The number of H-pyrrole nitrogens is 1. The Morgan fingerprint density at radius 1 is 1.17 bits per heavy atom. The van der Waals surface area contributed by atoms with E-state index in [-0.39, 0.29) is 12.2 Å². The maximum atomic E-state index is 11.5. The summed E-state index contributed by atoms with van der Waals surface area (Å²) in [6.45, 7) is 3.47. The number of Topliss-reactive ketones (excluding diaryl/α,β-unsaturated/α-hetero) is 1. The highest BCUT2D eigenvalue weighted by Gasteiger charge is 2.19. The molecule has 0 spiro atoms. The molecule has 0 saturated heterocycles. The molecule has 9 heteroatoms. The highest BCUT2D eigenvalue weighted by molar-refractivity contribution is 6.36. The number of nitrogens with one attached hydrogen (secondary N) is 1. The number of hydrogen-bond acceptors (Lipinski definition) is 5. The number of carbonyl (C=O) groups is 1. The molecular formula is C20H16Cl2N6O. The number of carbonyl (C=O) groups excluding carboxylic acids is 1. The van der Waals surface area contributed by atoms with E-state index in [2.05, 4.69) is 20.2 Å². The molecule has 0 aliphatic carbocycles. The van der Waals surface area contributed by atoms with Crippen LogP contribution in [0.15, 0.2) is 43.0 Å². The summed E-state index contributed by atoms with van der Waals surface area (Å²) in [5.41, 5.74) is 4.49. The van der Waals surface area contributed by atoms with Gasteiger partial charge in [0.05, 0.1) is 16.3 Å². The van der Waals surface area contributed by atoms with Crippen molar-refractivity contribution in [1.82, 2.24) is 29.9 Å². The molecule has 0 amide bonds. The predicted molar refractivity (Wildman–Crippen MR) is 111 cm³/mol. The average molecular weight is 427 g/mol. The van der Waals surface area contributed by atoms with E-state index in [1.165, 1.54) is 13.3 Å². The molecule has 4 aromatic rings. The smallest absolute Gasteiger partial charge is 0.159 e. The normalized spacial score (nSPS) is 11.0. The maximum Gasteiger partial charge on any atom is 0.159 e. The fourth-order valence-electron chi connectivity index (χ4n) is 3.04. The molecule has 0 bridgehead atoms. The third-order valence-electron chi connectivity index (χ3n) is 4.38. The van der Waals surface area contributed by atoms with E-state index in [1.54, 1.807) is 23.0 Å². The Morgan fingerprint density at radius 3 is 2.69 bits per heavy atom. The highest BCUT2D eigenvalue weighted by Crippen LogP contribution is 2.35. The molecule has 0 atom stereocenters. The second kappa shape index (κ2) is 7.77. The summed E-state index contributed by atoms with van der Waals surface area (Å²) in [6, 6.07) is 7.11. The van der Waals surface area contributed by atoms with Crippen molar-refractivity contribution in [1.29, 1.82) is 0 Å². The second-order valence-corrected chi connectivity index (χ2v) is 7.48. The van der Waals surface area contributed by atoms with Gasteiger partial charge in [-0.15, -0.1) is 0 Å². The van der Waals surface area contributed by atoms with Crippen LogP contribution in [0.2, 0.25) is 10.0 Å². The van der Waals surface area contributed by atoms with Gasteiger partial charge >= 0.3 is 0 Å². The first-order valence-corrected chi connectivity index (χ1v) is 9.54. The molecule has 1 N–H and O–H groups in total. The zero-order valence-corrected chi connectivity index (χ0v) is 17.2. The van der Waals surface area contributed by atoms with E-state index in [1.807, 2.05) is 25.3 Å². The van der Waals surface area contributed by atoms with Crippen molar-refractivity contribution in [3.63, 3.8) is 0 Å². The molecule has 0 aliphatic heterocycles. The molecule has 0 saturated carbocycles. The first kappa shape index (κ1) is 19.3. The number of hydrogen-bond donors (Lipinski definition) is 1. The predicted octanol–water partition coefficient (Wildman–Crippen LogP) is 4.47. The van der Waals surface area contributed by atoms with Gasteiger partial charge in [0.1, 0.15) is 17.8 Å². The number of aromatic nitrogens is 6. The quantitative estimate of drug-likeness (QED) is 0.508. The van der Waals surface area contributed by atoms with Crippen LogP contribution in [0.25, 0.3) is 28.3 Å². The summed E-state index contributed by atoms with van der Waals surface area (Å²) in [6.07, 6.45) is 5.28. The number of aryl methyl sites for hydroxylation is 1. The van der Waals surface area contributed by atoms with Crippen molar-refractivity contribution < 1.29 is 4.79 Å². The van der Waals surface area contributed by atoms with Crippen LogP contribution >= 0.6 is 23.2 Å². The lowest BCUT2D eigenvalue weighted by atomic mass is 10.1. The molecular weight excluding hydrogens is 411 g/mol. The van der Waals surface area contributed by atoms with Gasteiger partial charge in [-0.25, -0.2) is 9.67 Å². The van der Waals surface area contributed by atoms with Gasteiger partial charge < -0.3 is 0 Å². The minimum absolute atomic E-state index is 0.0451. The summed E-state index contributed by atoms with van der Waals surface area (Å²) in [5, 5.41) is 12.6. The summed E-state index contributed by atoms with van der Waals surface area (Å²) in [4.78, 5) is 20.1. The lowest BCUT2D eigenvalue weighted by Gasteiger charge is -2.08.